The molecular weight excluding hydrogens is 592 g/mol. The molecule has 5 nitrogen and oxygen atoms in total. The summed E-state index contributed by atoms with van der Waals surface area (Å²) in [4.78, 5) is 14.6. The molecule has 0 aromatic rings. The van der Waals surface area contributed by atoms with Crippen LogP contribution in [0.5, 0.6) is 0 Å². The number of carbonyl (C=O) groups is 1. The van der Waals surface area contributed by atoms with Crippen molar-refractivity contribution in [3.05, 3.63) is 36.5 Å². The Morgan fingerprint density at radius 2 is 0.958 bits per heavy atom. The second-order valence-electron chi connectivity index (χ2n) is 13.7. The van der Waals surface area contributed by atoms with Crippen LogP contribution in [0.3, 0.4) is 0 Å². The minimum atomic E-state index is -0.186. The predicted octanol–water partition coefficient (Wildman–Crippen LogP) is 12.9. The number of ether oxygens (including phenoxy) is 2. The zero-order valence-electron chi connectivity index (χ0n) is 32.5. The molecule has 5 heteroatoms. The van der Waals surface area contributed by atoms with Gasteiger partial charge in [-0.3, -0.25) is 0 Å². The van der Waals surface area contributed by atoms with Crippen LogP contribution in [0, 0.1) is 0 Å². The van der Waals surface area contributed by atoms with Gasteiger partial charge in [0.25, 0.3) is 0 Å². The smallest absolute Gasteiger partial charge is 0.409 e. The van der Waals surface area contributed by atoms with Crippen LogP contribution in [0.4, 0.5) is 4.79 Å². The van der Waals surface area contributed by atoms with Gasteiger partial charge in [0.05, 0.1) is 13.2 Å². The third-order valence-corrected chi connectivity index (χ3v) is 8.99. The van der Waals surface area contributed by atoms with Crippen LogP contribution in [0.15, 0.2) is 36.5 Å². The number of hydrogen-bond acceptors (Lipinski definition) is 4. The van der Waals surface area contributed by atoms with E-state index in [4.69, 9.17) is 9.47 Å². The Morgan fingerprint density at radius 1 is 0.500 bits per heavy atom. The lowest BCUT2D eigenvalue weighted by atomic mass is 10.1. The molecule has 48 heavy (non-hydrogen) atoms. The molecule has 0 fully saturated rings. The van der Waals surface area contributed by atoms with Crippen LogP contribution in [-0.2, 0) is 9.47 Å². The fraction of sp³-hybridized carbons (Fsp3) is 0.837. The van der Waals surface area contributed by atoms with E-state index in [-0.39, 0.29) is 6.09 Å². The van der Waals surface area contributed by atoms with Crippen molar-refractivity contribution in [1.29, 1.82) is 0 Å². The maximum absolute atomic E-state index is 12.7. The largest absolute Gasteiger partial charge is 0.449 e. The first-order valence-corrected chi connectivity index (χ1v) is 20.8. The Morgan fingerprint density at radius 3 is 1.52 bits per heavy atom. The van der Waals surface area contributed by atoms with Gasteiger partial charge in [-0.05, 0) is 90.6 Å². The van der Waals surface area contributed by atoms with Gasteiger partial charge in [-0.25, -0.2) is 4.79 Å². The minimum Gasteiger partial charge on any atom is -0.449 e. The first kappa shape index (κ1) is 46.4. The molecule has 0 saturated carbocycles. The van der Waals surface area contributed by atoms with Gasteiger partial charge in [-0.1, -0.05) is 147 Å². The predicted molar refractivity (Wildman–Crippen MR) is 211 cm³/mol. The van der Waals surface area contributed by atoms with Gasteiger partial charge in [-0.15, -0.1) is 0 Å². The highest BCUT2D eigenvalue weighted by Crippen LogP contribution is 2.12. The van der Waals surface area contributed by atoms with Crippen LogP contribution < -0.4 is 5.32 Å². The van der Waals surface area contributed by atoms with Gasteiger partial charge in [0, 0.05) is 19.7 Å². The Balaban J connectivity index is 3.87. The molecule has 0 aromatic heterocycles. The molecule has 1 amide bonds. The number of nitrogens with zero attached hydrogens (tertiary/aromatic N) is 1. The fourth-order valence-electron chi connectivity index (χ4n) is 5.81. The van der Waals surface area contributed by atoms with Crippen LogP contribution >= 0.6 is 0 Å². The summed E-state index contributed by atoms with van der Waals surface area (Å²) >= 11 is 0. The number of hydrogen-bond donors (Lipinski definition) is 1. The van der Waals surface area contributed by atoms with Gasteiger partial charge in [-0.2, -0.15) is 0 Å². The zero-order valence-corrected chi connectivity index (χ0v) is 32.5. The van der Waals surface area contributed by atoms with E-state index < -0.39 is 0 Å². The summed E-state index contributed by atoms with van der Waals surface area (Å²) in [7, 11) is 1.92. The number of amides is 1. The van der Waals surface area contributed by atoms with Crippen LogP contribution in [0.1, 0.15) is 187 Å². The molecule has 0 atom stereocenters. The lowest BCUT2D eigenvalue weighted by Gasteiger charge is -2.22. The van der Waals surface area contributed by atoms with Crippen molar-refractivity contribution in [2.75, 3.05) is 46.5 Å². The van der Waals surface area contributed by atoms with E-state index in [1.54, 1.807) is 0 Å². The van der Waals surface area contributed by atoms with E-state index >= 15 is 0 Å². The molecule has 0 aliphatic carbocycles. The first-order valence-electron chi connectivity index (χ1n) is 20.8. The normalized spacial score (nSPS) is 11.9. The summed E-state index contributed by atoms with van der Waals surface area (Å²) in [6.07, 6.45) is 47.9. The monoisotopic (exact) mass is 675 g/mol. The van der Waals surface area contributed by atoms with Crippen molar-refractivity contribution in [1.82, 2.24) is 10.2 Å². The summed E-state index contributed by atoms with van der Waals surface area (Å²) in [5.74, 6) is 0. The van der Waals surface area contributed by atoms with Crippen LogP contribution in [-0.4, -0.2) is 57.5 Å². The molecule has 0 aromatic carbocycles. The molecule has 0 rings (SSSR count). The zero-order chi connectivity index (χ0) is 34.9. The highest BCUT2D eigenvalue weighted by atomic mass is 16.6. The van der Waals surface area contributed by atoms with Crippen molar-refractivity contribution in [3.8, 4) is 0 Å². The first-order chi connectivity index (χ1) is 23.8. The second kappa shape index (κ2) is 41.6. The molecule has 0 heterocycles. The molecule has 0 spiro atoms. The number of carbonyl (C=O) groups excluding carboxylic acids is 1. The topological polar surface area (TPSA) is 50.8 Å². The average molecular weight is 675 g/mol. The van der Waals surface area contributed by atoms with Crippen molar-refractivity contribution in [2.24, 2.45) is 0 Å². The SMILES string of the molecule is CCCCC/C=C\C/C=C\CCCCCCCCN(CCOCCCCCCCC/C=C\CCCCCCCC)C(=O)OCCCNC. The molecule has 0 bridgehead atoms. The molecule has 0 unspecified atom stereocenters. The fourth-order valence-corrected chi connectivity index (χ4v) is 5.81. The highest BCUT2D eigenvalue weighted by molar-refractivity contribution is 5.67. The van der Waals surface area contributed by atoms with E-state index in [0.29, 0.717) is 19.8 Å². The Kier molecular flexibility index (Phi) is 40.2. The quantitative estimate of drug-likeness (QED) is 0.0523. The van der Waals surface area contributed by atoms with Crippen molar-refractivity contribution in [3.63, 3.8) is 0 Å². The lowest BCUT2D eigenvalue weighted by Crippen LogP contribution is -2.36. The molecule has 282 valence electrons. The van der Waals surface area contributed by atoms with E-state index in [1.807, 2.05) is 11.9 Å². The number of unbranched alkanes of at least 4 members (excludes halogenated alkanes) is 21. The van der Waals surface area contributed by atoms with Gasteiger partial charge < -0.3 is 19.7 Å². The number of rotatable bonds is 38. The molecular formula is C43H82N2O3. The van der Waals surface area contributed by atoms with E-state index in [9.17, 15) is 4.79 Å². The third-order valence-electron chi connectivity index (χ3n) is 8.99. The van der Waals surface area contributed by atoms with E-state index in [0.717, 1.165) is 45.4 Å². The van der Waals surface area contributed by atoms with Crippen LogP contribution in [0.2, 0.25) is 0 Å². The standard InChI is InChI=1S/C43H82N2O3/c1-4-6-8-10-12-14-16-18-20-22-24-26-28-30-32-34-38-45(43(46)48-41-36-37-44-3)39-42-47-40-35-33-31-29-27-25-23-21-19-17-15-13-11-9-7-5-2/h12,14,18-21,44H,4-11,13,15-17,22-42H2,1-3H3/b14-12-,20-18-,21-19-. The summed E-state index contributed by atoms with van der Waals surface area (Å²) in [6.45, 7) is 8.63. The van der Waals surface area contributed by atoms with Gasteiger partial charge in [0.2, 0.25) is 0 Å². The molecule has 0 aliphatic heterocycles. The van der Waals surface area contributed by atoms with Gasteiger partial charge in [0.1, 0.15) is 0 Å². The summed E-state index contributed by atoms with van der Waals surface area (Å²) in [6, 6.07) is 0. The van der Waals surface area contributed by atoms with E-state index in [1.165, 1.54) is 148 Å². The summed E-state index contributed by atoms with van der Waals surface area (Å²) in [5, 5.41) is 3.11. The molecule has 0 aliphatic rings. The van der Waals surface area contributed by atoms with Crippen molar-refractivity contribution >= 4 is 6.09 Å². The van der Waals surface area contributed by atoms with E-state index in [2.05, 4.69) is 55.6 Å². The Bertz CT molecular complexity index is 721. The highest BCUT2D eigenvalue weighted by Gasteiger charge is 2.14. The third kappa shape index (κ3) is 37.2. The minimum absolute atomic E-state index is 0.186. The molecule has 0 saturated heterocycles. The maximum atomic E-state index is 12.7. The van der Waals surface area contributed by atoms with Gasteiger partial charge in [0.15, 0.2) is 0 Å². The second-order valence-corrected chi connectivity index (χ2v) is 13.7. The Hall–Kier alpha value is -1.59. The van der Waals surface area contributed by atoms with Crippen molar-refractivity contribution in [2.45, 2.75) is 187 Å². The molecule has 1 N–H and O–H groups in total. The Labute approximate surface area is 300 Å². The van der Waals surface area contributed by atoms with Crippen LogP contribution in [0.25, 0.3) is 0 Å². The lowest BCUT2D eigenvalue weighted by molar-refractivity contribution is 0.0726. The number of nitrogens with one attached hydrogen (secondary N) is 1. The number of allylic oxidation sites excluding steroid dienone is 6. The molecule has 0 radical (unpaired) electrons. The van der Waals surface area contributed by atoms with Gasteiger partial charge >= 0.3 is 6.09 Å². The maximum Gasteiger partial charge on any atom is 0.409 e. The average Bonchev–Trinajstić information content (AvgIpc) is 3.09. The summed E-state index contributed by atoms with van der Waals surface area (Å²) in [5.41, 5.74) is 0. The summed E-state index contributed by atoms with van der Waals surface area (Å²) < 4.78 is 11.5. The van der Waals surface area contributed by atoms with Crippen molar-refractivity contribution < 1.29 is 14.3 Å².